The Morgan fingerprint density at radius 2 is 1.27 bits per heavy atom. The van der Waals surface area contributed by atoms with Crippen molar-refractivity contribution in [2.24, 2.45) is 5.14 Å². The predicted molar refractivity (Wildman–Crippen MR) is 103 cm³/mol. The molecule has 2 N–H and O–H groups in total. The molecule has 2 aromatic carbocycles. The molecule has 0 heterocycles. The molecule has 0 aliphatic carbocycles. The highest BCUT2D eigenvalue weighted by Gasteiger charge is 2.28. The quantitative estimate of drug-likeness (QED) is 0.750. The maximum absolute atomic E-state index is 13.0. The van der Waals surface area contributed by atoms with Crippen molar-refractivity contribution in [1.82, 2.24) is 4.31 Å². The van der Waals surface area contributed by atoms with E-state index in [-0.39, 0.29) is 44.1 Å². The molecule has 0 unspecified atom stereocenters. The van der Waals surface area contributed by atoms with Crippen LogP contribution in [0.2, 0.25) is 10.0 Å². The first-order valence-corrected chi connectivity index (χ1v) is 11.4. The third kappa shape index (κ3) is 4.21. The lowest BCUT2D eigenvalue weighted by Gasteiger charge is -2.21. The van der Waals surface area contributed by atoms with E-state index in [2.05, 4.69) is 0 Å². The van der Waals surface area contributed by atoms with E-state index in [9.17, 15) is 16.8 Å². The van der Waals surface area contributed by atoms with Crippen molar-refractivity contribution >= 4 is 43.2 Å². The van der Waals surface area contributed by atoms with Gasteiger partial charge in [0.2, 0.25) is 20.0 Å². The molecule has 142 valence electrons. The molecule has 2 rings (SSSR count). The molecular weight excluding hydrogens is 419 g/mol. The van der Waals surface area contributed by atoms with Crippen LogP contribution in [-0.2, 0) is 20.0 Å². The SMILES string of the molecule is CCN(CC)S(=O)(=O)c1cc(Cl)ccc1-c1ccc(Cl)cc1S(N)(=O)=O. The van der Waals surface area contributed by atoms with E-state index < -0.39 is 20.0 Å². The Bertz CT molecular complexity index is 1030. The molecule has 0 saturated heterocycles. The third-order valence-electron chi connectivity index (χ3n) is 3.81. The molecule has 0 aliphatic rings. The van der Waals surface area contributed by atoms with Crippen LogP contribution in [0.1, 0.15) is 13.8 Å². The summed E-state index contributed by atoms with van der Waals surface area (Å²) in [6.07, 6.45) is 0. The van der Waals surface area contributed by atoms with Gasteiger partial charge in [-0.15, -0.1) is 0 Å². The minimum atomic E-state index is -4.13. The normalized spacial score (nSPS) is 12.5. The molecule has 10 heteroatoms. The zero-order valence-electron chi connectivity index (χ0n) is 14.1. The van der Waals surface area contributed by atoms with Crippen molar-refractivity contribution in [3.63, 3.8) is 0 Å². The molecule has 0 amide bonds. The monoisotopic (exact) mass is 436 g/mol. The summed E-state index contributed by atoms with van der Waals surface area (Å²) in [6.45, 7) is 3.94. The van der Waals surface area contributed by atoms with Crippen molar-refractivity contribution in [3.8, 4) is 11.1 Å². The Labute approximate surface area is 163 Å². The number of rotatable bonds is 6. The van der Waals surface area contributed by atoms with Crippen molar-refractivity contribution in [2.45, 2.75) is 23.6 Å². The van der Waals surface area contributed by atoms with Gasteiger partial charge in [-0.1, -0.05) is 49.2 Å². The van der Waals surface area contributed by atoms with Crippen LogP contribution in [0.5, 0.6) is 0 Å². The van der Waals surface area contributed by atoms with Gasteiger partial charge in [0.25, 0.3) is 0 Å². The van der Waals surface area contributed by atoms with E-state index >= 15 is 0 Å². The second kappa shape index (κ2) is 7.84. The van der Waals surface area contributed by atoms with Gasteiger partial charge in [-0.3, -0.25) is 0 Å². The van der Waals surface area contributed by atoms with Gasteiger partial charge in [0.05, 0.1) is 9.79 Å². The fourth-order valence-corrected chi connectivity index (χ4v) is 5.53. The lowest BCUT2D eigenvalue weighted by atomic mass is 10.1. The van der Waals surface area contributed by atoms with Gasteiger partial charge in [-0.05, 0) is 24.3 Å². The average Bonchev–Trinajstić information content (AvgIpc) is 2.55. The van der Waals surface area contributed by atoms with Crippen LogP contribution in [0.3, 0.4) is 0 Å². The molecule has 0 fully saturated rings. The third-order valence-corrected chi connectivity index (χ3v) is 7.32. The molecule has 0 spiro atoms. The van der Waals surface area contributed by atoms with E-state index in [0.29, 0.717) is 0 Å². The number of nitrogens with zero attached hydrogens (tertiary/aromatic N) is 1. The molecule has 0 atom stereocenters. The van der Waals surface area contributed by atoms with E-state index in [1.165, 1.54) is 40.7 Å². The van der Waals surface area contributed by atoms with Crippen LogP contribution in [0, 0.1) is 0 Å². The second-order valence-corrected chi connectivity index (χ2v) is 9.72. The number of hydrogen-bond donors (Lipinski definition) is 1. The van der Waals surface area contributed by atoms with Crippen LogP contribution >= 0.6 is 23.2 Å². The highest BCUT2D eigenvalue weighted by molar-refractivity contribution is 7.89. The maximum atomic E-state index is 13.0. The highest BCUT2D eigenvalue weighted by Crippen LogP contribution is 2.36. The standard InChI is InChI=1S/C16H18Cl2N2O4S2/c1-3-20(4-2)26(23,24)16-10-12(18)6-8-14(16)13-7-5-11(17)9-15(13)25(19,21)22/h5-10H,3-4H2,1-2H3,(H2,19,21,22). The molecule has 2 aromatic rings. The van der Waals surface area contributed by atoms with Crippen LogP contribution < -0.4 is 5.14 Å². The zero-order chi connectivity index (χ0) is 19.7. The first-order valence-electron chi connectivity index (χ1n) is 7.64. The summed E-state index contributed by atoms with van der Waals surface area (Å²) in [7, 11) is -8.03. The van der Waals surface area contributed by atoms with Crippen molar-refractivity contribution < 1.29 is 16.8 Å². The lowest BCUT2D eigenvalue weighted by Crippen LogP contribution is -2.31. The fourth-order valence-electron chi connectivity index (χ4n) is 2.59. The van der Waals surface area contributed by atoms with E-state index in [0.717, 1.165) is 0 Å². The van der Waals surface area contributed by atoms with Gasteiger partial charge in [0.1, 0.15) is 0 Å². The number of sulfonamides is 2. The highest BCUT2D eigenvalue weighted by atomic mass is 35.5. The maximum Gasteiger partial charge on any atom is 0.243 e. The van der Waals surface area contributed by atoms with Gasteiger partial charge >= 0.3 is 0 Å². The predicted octanol–water partition coefficient (Wildman–Crippen LogP) is 3.34. The Morgan fingerprint density at radius 3 is 1.69 bits per heavy atom. The smallest absolute Gasteiger partial charge is 0.225 e. The summed E-state index contributed by atoms with van der Waals surface area (Å²) in [5.74, 6) is 0. The van der Waals surface area contributed by atoms with Crippen molar-refractivity contribution in [2.75, 3.05) is 13.1 Å². The first-order chi connectivity index (χ1) is 12.0. The zero-order valence-corrected chi connectivity index (χ0v) is 17.3. The topological polar surface area (TPSA) is 97.5 Å². The number of primary sulfonamides is 1. The Hall–Kier alpha value is -1.16. The fraction of sp³-hybridized carbons (Fsp3) is 0.250. The number of benzene rings is 2. The molecular formula is C16H18Cl2N2O4S2. The molecule has 0 bridgehead atoms. The van der Waals surface area contributed by atoms with Crippen LogP contribution in [0.4, 0.5) is 0 Å². The summed E-state index contributed by atoms with van der Waals surface area (Å²) < 4.78 is 51.3. The van der Waals surface area contributed by atoms with Gasteiger partial charge in [-0.2, -0.15) is 4.31 Å². The van der Waals surface area contributed by atoms with E-state index in [1.807, 2.05) is 0 Å². The summed E-state index contributed by atoms with van der Waals surface area (Å²) in [4.78, 5) is -0.357. The minimum absolute atomic E-state index is 0.0964. The summed E-state index contributed by atoms with van der Waals surface area (Å²) >= 11 is 11.9. The number of hydrogen-bond acceptors (Lipinski definition) is 4. The molecule has 6 nitrogen and oxygen atoms in total. The average molecular weight is 437 g/mol. The van der Waals surface area contributed by atoms with Crippen molar-refractivity contribution in [3.05, 3.63) is 46.4 Å². The van der Waals surface area contributed by atoms with Crippen LogP contribution in [0.15, 0.2) is 46.2 Å². The first kappa shape index (κ1) is 21.1. The van der Waals surface area contributed by atoms with Gasteiger partial charge < -0.3 is 0 Å². The van der Waals surface area contributed by atoms with Gasteiger partial charge in [-0.25, -0.2) is 22.0 Å². The largest absolute Gasteiger partial charge is 0.243 e. The number of nitrogens with two attached hydrogens (primary N) is 1. The molecule has 0 saturated carbocycles. The van der Waals surface area contributed by atoms with Gasteiger partial charge in [0.15, 0.2) is 0 Å². The molecule has 0 aromatic heterocycles. The lowest BCUT2D eigenvalue weighted by molar-refractivity contribution is 0.445. The molecule has 0 radical (unpaired) electrons. The molecule has 26 heavy (non-hydrogen) atoms. The summed E-state index contributed by atoms with van der Waals surface area (Å²) in [5.41, 5.74) is 0.321. The van der Waals surface area contributed by atoms with Gasteiger partial charge in [0, 0.05) is 34.3 Å². The molecule has 0 aliphatic heterocycles. The van der Waals surface area contributed by atoms with Crippen LogP contribution in [0.25, 0.3) is 11.1 Å². The van der Waals surface area contributed by atoms with E-state index in [4.69, 9.17) is 28.3 Å². The Kier molecular flexibility index (Phi) is 6.37. The summed E-state index contributed by atoms with van der Waals surface area (Å²) in [5, 5.41) is 5.67. The number of halogens is 2. The minimum Gasteiger partial charge on any atom is -0.225 e. The van der Waals surface area contributed by atoms with Crippen LogP contribution in [-0.4, -0.2) is 34.2 Å². The Balaban J connectivity index is 2.87. The summed E-state index contributed by atoms with van der Waals surface area (Å²) in [6, 6.07) is 8.32. The second-order valence-electron chi connectivity index (χ2n) is 5.42. The van der Waals surface area contributed by atoms with E-state index in [1.54, 1.807) is 13.8 Å². The Morgan fingerprint density at radius 1 is 0.846 bits per heavy atom. The van der Waals surface area contributed by atoms with Crippen molar-refractivity contribution in [1.29, 1.82) is 0 Å².